The number of amides is 2. The molecule has 1 aromatic heterocycles. The van der Waals surface area contributed by atoms with Crippen molar-refractivity contribution in [3.05, 3.63) is 93.6 Å². The normalized spacial score (nSPS) is 23.0. The maximum Gasteiger partial charge on any atom is 0.254 e. The average Bonchev–Trinajstić information content (AvgIpc) is 2.92. The van der Waals surface area contributed by atoms with Crippen LogP contribution in [-0.2, 0) is 14.8 Å². The second kappa shape index (κ2) is 11.9. The number of nitrogens with one attached hydrogen (secondary N) is 2. The highest BCUT2D eigenvalue weighted by atomic mass is 35.5. The molecule has 0 unspecified atom stereocenters. The lowest BCUT2D eigenvalue weighted by atomic mass is 9.75. The third-order valence-corrected chi connectivity index (χ3v) is 8.94. The summed E-state index contributed by atoms with van der Waals surface area (Å²) in [6.45, 7) is 0.195. The van der Waals surface area contributed by atoms with Crippen LogP contribution in [-0.4, -0.2) is 49.0 Å². The van der Waals surface area contributed by atoms with Crippen molar-refractivity contribution in [2.75, 3.05) is 18.1 Å². The fourth-order valence-electron chi connectivity index (χ4n) is 5.96. The molecule has 2 aromatic carbocycles. The molecule has 40 heavy (non-hydrogen) atoms. The van der Waals surface area contributed by atoms with Gasteiger partial charge in [-0.25, -0.2) is 18.1 Å². The molecule has 0 bridgehead atoms. The first kappa shape index (κ1) is 28.5. The van der Waals surface area contributed by atoms with Gasteiger partial charge in [0.2, 0.25) is 15.9 Å². The van der Waals surface area contributed by atoms with Gasteiger partial charge < -0.3 is 10.2 Å². The third kappa shape index (κ3) is 6.02. The van der Waals surface area contributed by atoms with Crippen molar-refractivity contribution in [3.8, 4) is 0 Å². The Bertz CT molecular complexity index is 1520. The lowest BCUT2D eigenvalue weighted by Gasteiger charge is -2.49. The van der Waals surface area contributed by atoms with Gasteiger partial charge in [-0.1, -0.05) is 66.4 Å². The van der Waals surface area contributed by atoms with Crippen molar-refractivity contribution < 1.29 is 18.0 Å². The van der Waals surface area contributed by atoms with Gasteiger partial charge in [-0.15, -0.1) is 0 Å². The Morgan fingerprint density at radius 1 is 1.02 bits per heavy atom. The molecule has 1 aliphatic carbocycles. The quantitative estimate of drug-likeness (QED) is 0.376. The first-order chi connectivity index (χ1) is 19.1. The second-order valence-corrected chi connectivity index (χ2v) is 13.0. The van der Waals surface area contributed by atoms with E-state index in [0.717, 1.165) is 25.5 Å². The van der Waals surface area contributed by atoms with Crippen LogP contribution in [0.1, 0.15) is 59.1 Å². The van der Waals surface area contributed by atoms with Crippen LogP contribution >= 0.6 is 23.2 Å². The molecule has 210 valence electrons. The number of rotatable bonds is 7. The summed E-state index contributed by atoms with van der Waals surface area (Å²) in [4.78, 5) is 34.5. The molecule has 1 fully saturated rings. The zero-order valence-corrected chi connectivity index (χ0v) is 24.2. The summed E-state index contributed by atoms with van der Waals surface area (Å²) in [5.74, 6) is -1.13. The average molecular weight is 602 g/mol. The molecule has 0 saturated heterocycles. The van der Waals surface area contributed by atoms with Crippen LogP contribution in [0.2, 0.25) is 10.0 Å². The van der Waals surface area contributed by atoms with Crippen LogP contribution < -0.4 is 10.0 Å². The van der Waals surface area contributed by atoms with Gasteiger partial charge in [0, 0.05) is 34.4 Å². The molecule has 4 atom stereocenters. The van der Waals surface area contributed by atoms with Gasteiger partial charge in [-0.3, -0.25) is 9.59 Å². The van der Waals surface area contributed by atoms with Gasteiger partial charge >= 0.3 is 0 Å². The number of fused-ring (bicyclic) bond motifs is 1. The number of nitrogens with zero attached hydrogens (tertiary/aromatic N) is 2. The van der Waals surface area contributed by atoms with E-state index in [1.54, 1.807) is 65.7 Å². The Morgan fingerprint density at radius 3 is 2.50 bits per heavy atom. The zero-order valence-electron chi connectivity index (χ0n) is 21.9. The monoisotopic (exact) mass is 600 g/mol. The summed E-state index contributed by atoms with van der Waals surface area (Å²) < 4.78 is 26.6. The lowest BCUT2D eigenvalue weighted by molar-refractivity contribution is -0.119. The Balaban J connectivity index is 1.66. The van der Waals surface area contributed by atoms with E-state index in [0.29, 0.717) is 39.0 Å². The molecular weight excluding hydrogens is 571 g/mol. The molecular formula is C29H30Cl2N4O4S. The van der Waals surface area contributed by atoms with Crippen LogP contribution in [0.3, 0.4) is 0 Å². The van der Waals surface area contributed by atoms with Crippen molar-refractivity contribution >= 4 is 50.9 Å². The van der Waals surface area contributed by atoms with E-state index < -0.39 is 22.0 Å². The first-order valence-electron chi connectivity index (χ1n) is 13.2. The van der Waals surface area contributed by atoms with Crippen LogP contribution in [0.5, 0.6) is 0 Å². The third-order valence-electron chi connectivity index (χ3n) is 7.69. The summed E-state index contributed by atoms with van der Waals surface area (Å²) in [7, 11) is -3.44. The van der Waals surface area contributed by atoms with Gasteiger partial charge in [0.15, 0.2) is 0 Å². The van der Waals surface area contributed by atoms with E-state index in [1.165, 1.54) is 0 Å². The molecule has 5 rings (SSSR count). The Kier molecular flexibility index (Phi) is 8.47. The predicted octanol–water partition coefficient (Wildman–Crippen LogP) is 5.42. The van der Waals surface area contributed by atoms with Gasteiger partial charge in [-0.2, -0.15) is 0 Å². The van der Waals surface area contributed by atoms with E-state index in [9.17, 15) is 18.0 Å². The van der Waals surface area contributed by atoms with Gasteiger partial charge in [0.05, 0.1) is 18.2 Å². The van der Waals surface area contributed by atoms with E-state index in [2.05, 4.69) is 15.0 Å². The molecule has 0 spiro atoms. The number of halogens is 2. The fraction of sp³-hybridized carbons (Fsp3) is 0.345. The summed E-state index contributed by atoms with van der Waals surface area (Å²) in [6, 6.07) is 16.3. The Morgan fingerprint density at radius 2 is 1.77 bits per heavy atom. The minimum Gasteiger partial charge on any atom is -0.327 e. The summed E-state index contributed by atoms with van der Waals surface area (Å²) in [5, 5.41) is 3.70. The summed E-state index contributed by atoms with van der Waals surface area (Å²) >= 11 is 13.0. The highest BCUT2D eigenvalue weighted by molar-refractivity contribution is 7.88. The number of hydrogen-bond donors (Lipinski definition) is 2. The van der Waals surface area contributed by atoms with Gasteiger partial charge in [0.25, 0.3) is 5.91 Å². The maximum atomic E-state index is 14.3. The first-order valence-corrected chi connectivity index (χ1v) is 15.8. The maximum absolute atomic E-state index is 14.3. The largest absolute Gasteiger partial charge is 0.327 e. The predicted molar refractivity (Wildman–Crippen MR) is 156 cm³/mol. The molecule has 11 heteroatoms. The zero-order chi connectivity index (χ0) is 28.4. The molecule has 3 aromatic rings. The SMILES string of the molecule is CS(=O)(=O)NC[C@H]1CCCC[C@@H]1N1C(=O)c2ccccc2[C@@H](C(=O)Nc2ccccn2)[C@@H]1c1ccc(Cl)cc1Cl. The van der Waals surface area contributed by atoms with Crippen LogP contribution in [0.25, 0.3) is 0 Å². The fourth-order valence-corrected chi connectivity index (χ4v) is 7.00. The number of sulfonamides is 1. The van der Waals surface area contributed by atoms with E-state index >= 15 is 0 Å². The molecule has 1 aliphatic heterocycles. The minimum absolute atomic E-state index is 0.147. The summed E-state index contributed by atoms with van der Waals surface area (Å²) in [6.07, 6.45) is 5.92. The molecule has 2 amide bonds. The van der Waals surface area contributed by atoms with Gasteiger partial charge in [0.1, 0.15) is 5.82 Å². The Labute approximate surface area is 244 Å². The molecule has 2 heterocycles. The van der Waals surface area contributed by atoms with Crippen LogP contribution in [0.4, 0.5) is 5.82 Å². The number of anilines is 1. The summed E-state index contributed by atoms with van der Waals surface area (Å²) in [5.41, 5.74) is 1.62. The van der Waals surface area contributed by atoms with Crippen molar-refractivity contribution in [2.45, 2.75) is 43.7 Å². The minimum atomic E-state index is -3.44. The lowest BCUT2D eigenvalue weighted by Crippen LogP contribution is -2.55. The van der Waals surface area contributed by atoms with E-state index in [1.807, 2.05) is 6.07 Å². The standard InChI is InChI=1S/C29H30Cl2N4O4S/c1-40(38,39)33-17-18-8-2-5-11-24(18)35-27(22-14-13-19(30)16-23(22)31)26(20-9-3-4-10-21(20)29(35)37)28(36)34-25-12-6-7-15-32-25/h3-4,6-7,9-10,12-16,18,24,26-27,33H,2,5,8,11,17H2,1H3,(H,32,34,36)/t18-,24+,26-,27+/m1/s1. The second-order valence-electron chi connectivity index (χ2n) is 10.3. The van der Waals surface area contributed by atoms with Crippen molar-refractivity contribution in [2.24, 2.45) is 5.92 Å². The van der Waals surface area contributed by atoms with Gasteiger partial charge in [-0.05, 0) is 60.2 Å². The number of carbonyl (C=O) groups is 2. The number of carbonyl (C=O) groups excluding carboxylic acids is 2. The van der Waals surface area contributed by atoms with Crippen molar-refractivity contribution in [1.29, 1.82) is 0 Å². The molecule has 8 nitrogen and oxygen atoms in total. The van der Waals surface area contributed by atoms with Crippen LogP contribution in [0.15, 0.2) is 66.9 Å². The number of pyridine rings is 1. The van der Waals surface area contributed by atoms with Crippen LogP contribution in [0, 0.1) is 5.92 Å². The highest BCUT2D eigenvalue weighted by Gasteiger charge is 2.49. The topological polar surface area (TPSA) is 108 Å². The number of hydrogen-bond acceptors (Lipinski definition) is 5. The highest BCUT2D eigenvalue weighted by Crippen LogP contribution is 2.48. The molecule has 0 radical (unpaired) electrons. The van der Waals surface area contributed by atoms with Crippen molar-refractivity contribution in [3.63, 3.8) is 0 Å². The number of aromatic nitrogens is 1. The number of benzene rings is 2. The van der Waals surface area contributed by atoms with E-state index in [-0.39, 0.29) is 30.3 Å². The smallest absolute Gasteiger partial charge is 0.254 e. The molecule has 2 aliphatic rings. The van der Waals surface area contributed by atoms with Crippen molar-refractivity contribution in [1.82, 2.24) is 14.6 Å². The van der Waals surface area contributed by atoms with E-state index in [4.69, 9.17) is 23.2 Å². The Hall–Kier alpha value is -2.98. The molecule has 1 saturated carbocycles. The molecule has 2 N–H and O–H groups in total.